The molecular formula is C36H50N4O6. The van der Waals surface area contributed by atoms with Crippen LogP contribution in [0.25, 0.3) is 0 Å². The normalized spacial score (nSPS) is 18.2. The summed E-state index contributed by atoms with van der Waals surface area (Å²) in [5.74, 6) is -1.87. The molecule has 1 aliphatic rings. The molecule has 0 spiro atoms. The molecular weight excluding hydrogens is 584 g/mol. The highest BCUT2D eigenvalue weighted by Gasteiger charge is 2.50. The summed E-state index contributed by atoms with van der Waals surface area (Å²) in [6, 6.07) is 15.3. The van der Waals surface area contributed by atoms with Crippen molar-refractivity contribution >= 4 is 29.4 Å². The molecule has 46 heavy (non-hydrogen) atoms. The quantitative estimate of drug-likeness (QED) is 0.185. The second-order valence-corrected chi connectivity index (χ2v) is 13.3. The zero-order valence-electron chi connectivity index (χ0n) is 27.9. The number of rotatable bonds is 18. The third-order valence-electron chi connectivity index (χ3n) is 7.95. The molecule has 0 saturated carbocycles. The highest BCUT2D eigenvalue weighted by molar-refractivity contribution is 5.98. The van der Waals surface area contributed by atoms with Gasteiger partial charge in [0.15, 0.2) is 5.78 Å². The van der Waals surface area contributed by atoms with Gasteiger partial charge in [-0.3, -0.25) is 24.0 Å². The lowest BCUT2D eigenvalue weighted by molar-refractivity contribution is -0.135. The van der Waals surface area contributed by atoms with Crippen LogP contribution < -0.4 is 21.3 Å². The van der Waals surface area contributed by atoms with Crippen molar-refractivity contribution in [2.24, 2.45) is 11.8 Å². The van der Waals surface area contributed by atoms with Gasteiger partial charge in [-0.1, -0.05) is 88.4 Å². The fraction of sp³-hybridized carbons (Fsp3) is 0.528. The third-order valence-corrected chi connectivity index (χ3v) is 7.95. The van der Waals surface area contributed by atoms with Gasteiger partial charge >= 0.3 is 0 Å². The van der Waals surface area contributed by atoms with Crippen molar-refractivity contribution in [1.29, 1.82) is 0 Å². The Morgan fingerprint density at radius 2 is 1.13 bits per heavy atom. The highest BCUT2D eigenvalue weighted by atomic mass is 16.6. The van der Waals surface area contributed by atoms with E-state index in [0.29, 0.717) is 32.3 Å². The Morgan fingerprint density at radius 3 is 1.65 bits per heavy atom. The van der Waals surface area contributed by atoms with E-state index >= 15 is 0 Å². The van der Waals surface area contributed by atoms with Gasteiger partial charge in [-0.15, -0.1) is 0 Å². The first kappa shape index (κ1) is 36.4. The van der Waals surface area contributed by atoms with Crippen LogP contribution in [0.3, 0.4) is 0 Å². The smallest absolute Gasteiger partial charge is 0.243 e. The number of ketones is 1. The van der Waals surface area contributed by atoms with Gasteiger partial charge in [0.1, 0.15) is 23.7 Å². The predicted molar refractivity (Wildman–Crippen MR) is 177 cm³/mol. The van der Waals surface area contributed by atoms with Gasteiger partial charge in [-0.2, -0.15) is 0 Å². The van der Waals surface area contributed by atoms with Gasteiger partial charge in [0, 0.05) is 13.3 Å². The first-order valence-electron chi connectivity index (χ1n) is 16.2. The van der Waals surface area contributed by atoms with E-state index in [1.54, 1.807) is 6.92 Å². The van der Waals surface area contributed by atoms with Gasteiger partial charge in [-0.25, -0.2) is 0 Å². The zero-order chi connectivity index (χ0) is 33.9. The van der Waals surface area contributed by atoms with E-state index in [0.717, 1.165) is 11.1 Å². The van der Waals surface area contributed by atoms with Crippen molar-refractivity contribution in [1.82, 2.24) is 21.3 Å². The Bertz CT molecular complexity index is 1330. The minimum atomic E-state index is -1.01. The number of ether oxygens (including phenoxy) is 1. The van der Waals surface area contributed by atoms with Crippen LogP contribution in [-0.2, 0) is 41.6 Å². The van der Waals surface area contributed by atoms with Crippen LogP contribution in [0, 0.1) is 11.8 Å². The van der Waals surface area contributed by atoms with Crippen molar-refractivity contribution in [3.8, 4) is 0 Å². The van der Waals surface area contributed by atoms with Crippen LogP contribution in [0.4, 0.5) is 0 Å². The highest BCUT2D eigenvalue weighted by Crippen LogP contribution is 2.29. The number of Topliss-reactive ketones (excluding diaryl/α,β-unsaturated/α-hetero) is 1. The molecule has 0 radical (unpaired) electrons. The number of epoxide rings is 1. The van der Waals surface area contributed by atoms with Crippen LogP contribution in [0.15, 0.2) is 60.7 Å². The SMILES string of the molecule is CC(=O)N[C@@H](CCc1ccccc1)C(=O)N[C@@H](CC(C)C)C(=O)N[C@@H](Cc1ccccc1)C(=O)N[C@@H](CC(C)C)C(=O)[C@]1(C)CO1. The Hall–Kier alpha value is -4.05. The van der Waals surface area contributed by atoms with Crippen LogP contribution in [0.1, 0.15) is 71.9 Å². The largest absolute Gasteiger partial charge is 0.361 e. The van der Waals surface area contributed by atoms with E-state index < -0.39 is 47.5 Å². The minimum Gasteiger partial charge on any atom is -0.361 e. The lowest BCUT2D eigenvalue weighted by Crippen LogP contribution is -2.59. The number of benzene rings is 2. The topological polar surface area (TPSA) is 146 Å². The molecule has 250 valence electrons. The van der Waals surface area contributed by atoms with Gasteiger partial charge in [0.25, 0.3) is 0 Å². The van der Waals surface area contributed by atoms with Gasteiger partial charge in [0.05, 0.1) is 12.6 Å². The summed E-state index contributed by atoms with van der Waals surface area (Å²) in [7, 11) is 0. The van der Waals surface area contributed by atoms with Crippen LogP contribution in [0.5, 0.6) is 0 Å². The number of carbonyl (C=O) groups is 5. The zero-order valence-corrected chi connectivity index (χ0v) is 27.9. The summed E-state index contributed by atoms with van der Waals surface area (Å²) >= 11 is 0. The summed E-state index contributed by atoms with van der Waals surface area (Å²) in [5.41, 5.74) is 0.930. The van der Waals surface area contributed by atoms with E-state index in [-0.39, 0.29) is 29.9 Å². The van der Waals surface area contributed by atoms with Crippen molar-refractivity contribution in [3.05, 3.63) is 71.8 Å². The van der Waals surface area contributed by atoms with E-state index in [2.05, 4.69) is 21.3 Å². The fourth-order valence-corrected chi connectivity index (χ4v) is 5.37. The van der Waals surface area contributed by atoms with Crippen molar-refractivity contribution in [2.75, 3.05) is 6.61 Å². The second kappa shape index (κ2) is 17.0. The Morgan fingerprint density at radius 1 is 0.674 bits per heavy atom. The number of nitrogens with one attached hydrogen (secondary N) is 4. The van der Waals surface area contributed by atoms with Crippen molar-refractivity contribution in [2.45, 2.75) is 103 Å². The standard InChI is InChI=1S/C36H50N4O6/c1-23(2)19-29(32(42)36(6)22-46-36)38-35(45)31(21-27-15-11-8-12-16-27)40-34(44)30(20-24(3)4)39-33(43)28(37-25(5)41)18-17-26-13-9-7-10-14-26/h7-16,23-24,28-31H,17-22H2,1-6H3,(H,37,41)(H,38,45)(H,39,43)(H,40,44)/t28-,29-,30-,31-,36-/m0/s1. The lowest BCUT2D eigenvalue weighted by atomic mass is 9.93. The summed E-state index contributed by atoms with van der Waals surface area (Å²) in [6.45, 7) is 11.2. The number of aryl methyl sites for hydroxylation is 1. The Labute approximate surface area is 272 Å². The second-order valence-electron chi connectivity index (χ2n) is 13.3. The molecule has 0 aliphatic carbocycles. The maximum absolute atomic E-state index is 13.8. The van der Waals surface area contributed by atoms with Gasteiger partial charge < -0.3 is 26.0 Å². The molecule has 4 N–H and O–H groups in total. The predicted octanol–water partition coefficient (Wildman–Crippen LogP) is 3.27. The molecule has 1 saturated heterocycles. The molecule has 2 aromatic carbocycles. The fourth-order valence-electron chi connectivity index (χ4n) is 5.37. The number of hydrogen-bond acceptors (Lipinski definition) is 6. The number of hydrogen-bond donors (Lipinski definition) is 4. The van der Waals surface area contributed by atoms with Crippen LogP contribution in [0.2, 0.25) is 0 Å². The van der Waals surface area contributed by atoms with E-state index in [4.69, 9.17) is 4.74 Å². The molecule has 1 aliphatic heterocycles. The molecule has 1 heterocycles. The molecule has 4 amide bonds. The molecule has 3 rings (SSSR count). The summed E-state index contributed by atoms with van der Waals surface area (Å²) in [5, 5.41) is 11.3. The first-order chi connectivity index (χ1) is 21.8. The number of carbonyl (C=O) groups excluding carboxylic acids is 5. The van der Waals surface area contributed by atoms with E-state index in [1.807, 2.05) is 88.4 Å². The molecule has 0 bridgehead atoms. The Kier molecular flexibility index (Phi) is 13.5. The van der Waals surface area contributed by atoms with Crippen molar-refractivity contribution in [3.63, 3.8) is 0 Å². The van der Waals surface area contributed by atoms with E-state index in [1.165, 1.54) is 6.92 Å². The van der Waals surface area contributed by atoms with Gasteiger partial charge in [0.2, 0.25) is 23.6 Å². The third kappa shape index (κ3) is 11.7. The van der Waals surface area contributed by atoms with Crippen LogP contribution >= 0.6 is 0 Å². The number of amides is 4. The molecule has 1 fully saturated rings. The summed E-state index contributed by atoms with van der Waals surface area (Å²) in [4.78, 5) is 66.3. The molecule has 0 aromatic heterocycles. The summed E-state index contributed by atoms with van der Waals surface area (Å²) < 4.78 is 5.38. The lowest BCUT2D eigenvalue weighted by Gasteiger charge is -2.28. The minimum absolute atomic E-state index is 0.0355. The first-order valence-corrected chi connectivity index (χ1v) is 16.2. The molecule has 0 unspecified atom stereocenters. The summed E-state index contributed by atoms with van der Waals surface area (Å²) in [6.07, 6.45) is 1.82. The van der Waals surface area contributed by atoms with Crippen LogP contribution in [-0.4, -0.2) is 65.8 Å². The Balaban J connectivity index is 1.80. The maximum atomic E-state index is 13.8. The molecule has 2 aromatic rings. The van der Waals surface area contributed by atoms with Crippen molar-refractivity contribution < 1.29 is 28.7 Å². The van der Waals surface area contributed by atoms with Gasteiger partial charge in [-0.05, 0) is 55.6 Å². The maximum Gasteiger partial charge on any atom is 0.243 e. The molecule has 5 atom stereocenters. The average molecular weight is 635 g/mol. The average Bonchev–Trinajstić information content (AvgIpc) is 3.76. The molecule has 10 heteroatoms. The molecule has 10 nitrogen and oxygen atoms in total. The monoisotopic (exact) mass is 634 g/mol. The van der Waals surface area contributed by atoms with E-state index in [9.17, 15) is 24.0 Å².